The number of hydrogen-bond acceptors (Lipinski definition) is 4. The van der Waals surface area contributed by atoms with E-state index in [1.807, 2.05) is 13.8 Å². The van der Waals surface area contributed by atoms with E-state index in [2.05, 4.69) is 29.1 Å². The van der Waals surface area contributed by atoms with Crippen LogP contribution < -0.4 is 5.32 Å². The van der Waals surface area contributed by atoms with Gasteiger partial charge in [0.2, 0.25) is 0 Å². The van der Waals surface area contributed by atoms with Crippen molar-refractivity contribution in [3.63, 3.8) is 0 Å². The quantitative estimate of drug-likeness (QED) is 0.805. The number of rotatable bonds is 5. The number of methoxy groups -OCH3 is 1. The minimum Gasteiger partial charge on any atom is -0.469 e. The molecule has 0 bridgehead atoms. The zero-order valence-electron chi connectivity index (χ0n) is 10.2. The molecular weight excluding hydrogens is 222 g/mol. The van der Waals surface area contributed by atoms with Gasteiger partial charge in [0.1, 0.15) is 0 Å². The Morgan fingerprint density at radius 3 is 2.81 bits per heavy atom. The summed E-state index contributed by atoms with van der Waals surface area (Å²) in [5.41, 5.74) is 0.768. The summed E-state index contributed by atoms with van der Waals surface area (Å²) >= 11 is 1.68. The van der Waals surface area contributed by atoms with Gasteiger partial charge in [0, 0.05) is 12.6 Å². The molecular formula is C12H19NO2S. The summed E-state index contributed by atoms with van der Waals surface area (Å²) in [5, 5.41) is 7.51. The summed E-state index contributed by atoms with van der Waals surface area (Å²) < 4.78 is 4.76. The van der Waals surface area contributed by atoms with Crippen LogP contribution in [0.2, 0.25) is 0 Å². The maximum Gasteiger partial charge on any atom is 0.312 e. The molecule has 1 heterocycles. The second-order valence-corrected chi connectivity index (χ2v) is 5.31. The lowest BCUT2D eigenvalue weighted by Gasteiger charge is -2.24. The average molecular weight is 241 g/mol. The van der Waals surface area contributed by atoms with E-state index in [1.54, 1.807) is 11.3 Å². The van der Waals surface area contributed by atoms with Crippen LogP contribution >= 0.6 is 11.3 Å². The number of carbonyl (C=O) groups is 1. The number of carbonyl (C=O) groups excluding carboxylic acids is 1. The molecule has 1 N–H and O–H groups in total. The second-order valence-electron chi connectivity index (χ2n) is 4.53. The van der Waals surface area contributed by atoms with Gasteiger partial charge in [-0.25, -0.2) is 0 Å². The fraction of sp³-hybridized carbons (Fsp3) is 0.583. The summed E-state index contributed by atoms with van der Waals surface area (Å²) in [5.74, 6) is -0.183. The second kappa shape index (κ2) is 5.46. The van der Waals surface area contributed by atoms with Gasteiger partial charge in [0.15, 0.2) is 0 Å². The molecule has 0 aliphatic heterocycles. The summed E-state index contributed by atoms with van der Waals surface area (Å²) in [6.45, 7) is 6.46. The Labute approximate surface area is 101 Å². The third-order valence-electron chi connectivity index (χ3n) is 2.63. The molecule has 0 radical (unpaired) electrons. The Hall–Kier alpha value is -0.870. The SMILES string of the molecule is COC(=O)C(C)(C)CNC(C)c1ccsc1. The molecule has 0 aliphatic carbocycles. The molecule has 3 nitrogen and oxygen atoms in total. The average Bonchev–Trinajstić information content (AvgIpc) is 2.78. The predicted octanol–water partition coefficient (Wildman–Crippen LogP) is 2.60. The highest BCUT2D eigenvalue weighted by Gasteiger charge is 2.28. The standard InChI is InChI=1S/C12H19NO2S/c1-9(10-5-6-16-7-10)13-8-12(2,3)11(14)15-4/h5-7,9,13H,8H2,1-4H3. The van der Waals surface area contributed by atoms with Crippen molar-refractivity contribution in [1.29, 1.82) is 0 Å². The highest BCUT2D eigenvalue weighted by molar-refractivity contribution is 7.07. The van der Waals surface area contributed by atoms with E-state index in [0.717, 1.165) is 0 Å². The summed E-state index contributed by atoms with van der Waals surface area (Å²) in [6.07, 6.45) is 0. The van der Waals surface area contributed by atoms with Gasteiger partial charge < -0.3 is 10.1 Å². The van der Waals surface area contributed by atoms with Crippen LogP contribution in [0.5, 0.6) is 0 Å². The van der Waals surface area contributed by atoms with Crippen LogP contribution in [0.15, 0.2) is 16.8 Å². The molecule has 1 rings (SSSR count). The van der Waals surface area contributed by atoms with Crippen LogP contribution in [0.3, 0.4) is 0 Å². The zero-order chi connectivity index (χ0) is 12.2. The normalized spacial score (nSPS) is 13.5. The summed E-state index contributed by atoms with van der Waals surface area (Å²) in [7, 11) is 1.42. The number of hydrogen-bond donors (Lipinski definition) is 1. The third-order valence-corrected chi connectivity index (χ3v) is 3.33. The minimum absolute atomic E-state index is 0.183. The molecule has 0 saturated heterocycles. The van der Waals surface area contributed by atoms with E-state index in [-0.39, 0.29) is 12.0 Å². The van der Waals surface area contributed by atoms with Crippen LogP contribution in [0.25, 0.3) is 0 Å². The molecule has 0 amide bonds. The minimum atomic E-state index is -0.487. The van der Waals surface area contributed by atoms with Crippen molar-refractivity contribution in [1.82, 2.24) is 5.32 Å². The van der Waals surface area contributed by atoms with Gasteiger partial charge in [-0.3, -0.25) is 4.79 Å². The highest BCUT2D eigenvalue weighted by Crippen LogP contribution is 2.20. The maximum atomic E-state index is 11.5. The molecule has 4 heteroatoms. The molecule has 0 saturated carbocycles. The van der Waals surface area contributed by atoms with E-state index in [0.29, 0.717) is 6.54 Å². The first-order valence-corrected chi connectivity index (χ1v) is 6.25. The first-order chi connectivity index (χ1) is 7.47. The van der Waals surface area contributed by atoms with Crippen molar-refractivity contribution in [2.24, 2.45) is 5.41 Å². The van der Waals surface area contributed by atoms with Crippen molar-refractivity contribution < 1.29 is 9.53 Å². The monoisotopic (exact) mass is 241 g/mol. The van der Waals surface area contributed by atoms with Gasteiger partial charge in [0.25, 0.3) is 0 Å². The van der Waals surface area contributed by atoms with Crippen LogP contribution in [-0.2, 0) is 9.53 Å². The molecule has 16 heavy (non-hydrogen) atoms. The van der Waals surface area contributed by atoms with E-state index < -0.39 is 5.41 Å². The van der Waals surface area contributed by atoms with Crippen LogP contribution in [0.4, 0.5) is 0 Å². The van der Waals surface area contributed by atoms with Crippen LogP contribution in [0.1, 0.15) is 32.4 Å². The van der Waals surface area contributed by atoms with E-state index in [9.17, 15) is 4.79 Å². The lowest BCUT2D eigenvalue weighted by atomic mass is 9.93. The van der Waals surface area contributed by atoms with Crippen molar-refractivity contribution >= 4 is 17.3 Å². The Bertz CT molecular complexity index is 333. The molecule has 1 atom stereocenters. The molecule has 0 aromatic carbocycles. The fourth-order valence-corrected chi connectivity index (χ4v) is 2.15. The van der Waals surface area contributed by atoms with Crippen molar-refractivity contribution in [2.45, 2.75) is 26.8 Å². The van der Waals surface area contributed by atoms with E-state index in [4.69, 9.17) is 4.74 Å². The fourth-order valence-electron chi connectivity index (χ4n) is 1.40. The van der Waals surface area contributed by atoms with Crippen molar-refractivity contribution in [3.8, 4) is 0 Å². The first kappa shape index (κ1) is 13.2. The van der Waals surface area contributed by atoms with Gasteiger partial charge in [-0.05, 0) is 43.2 Å². The van der Waals surface area contributed by atoms with Gasteiger partial charge >= 0.3 is 5.97 Å². The zero-order valence-corrected chi connectivity index (χ0v) is 11.1. The lowest BCUT2D eigenvalue weighted by molar-refractivity contribution is -0.150. The molecule has 1 aromatic heterocycles. The van der Waals surface area contributed by atoms with Crippen LogP contribution in [-0.4, -0.2) is 19.6 Å². The number of ether oxygens (including phenoxy) is 1. The van der Waals surface area contributed by atoms with E-state index in [1.165, 1.54) is 12.7 Å². The maximum absolute atomic E-state index is 11.5. The number of thiophene rings is 1. The molecule has 1 unspecified atom stereocenters. The van der Waals surface area contributed by atoms with Gasteiger partial charge in [0.05, 0.1) is 12.5 Å². The van der Waals surface area contributed by atoms with E-state index >= 15 is 0 Å². The summed E-state index contributed by atoms with van der Waals surface area (Å²) in [4.78, 5) is 11.5. The van der Waals surface area contributed by atoms with Crippen LogP contribution in [0, 0.1) is 5.41 Å². The Morgan fingerprint density at radius 2 is 2.31 bits per heavy atom. The topological polar surface area (TPSA) is 38.3 Å². The molecule has 90 valence electrons. The van der Waals surface area contributed by atoms with Crippen molar-refractivity contribution in [2.75, 3.05) is 13.7 Å². The Kier molecular flexibility index (Phi) is 4.50. The molecule has 0 fully saturated rings. The molecule has 0 aliphatic rings. The largest absolute Gasteiger partial charge is 0.469 e. The van der Waals surface area contributed by atoms with Crippen molar-refractivity contribution in [3.05, 3.63) is 22.4 Å². The van der Waals surface area contributed by atoms with Gasteiger partial charge in [-0.1, -0.05) is 0 Å². The number of nitrogens with one attached hydrogen (secondary N) is 1. The lowest BCUT2D eigenvalue weighted by Crippen LogP contribution is -2.37. The Balaban J connectivity index is 2.48. The van der Waals surface area contributed by atoms with Gasteiger partial charge in [-0.15, -0.1) is 0 Å². The third kappa shape index (κ3) is 3.32. The number of esters is 1. The van der Waals surface area contributed by atoms with Gasteiger partial charge in [-0.2, -0.15) is 11.3 Å². The summed E-state index contributed by atoms with van der Waals surface area (Å²) in [6, 6.07) is 2.35. The molecule has 0 spiro atoms. The predicted molar refractivity (Wildman–Crippen MR) is 66.5 cm³/mol. The Morgan fingerprint density at radius 1 is 1.62 bits per heavy atom. The first-order valence-electron chi connectivity index (χ1n) is 5.31. The highest BCUT2D eigenvalue weighted by atomic mass is 32.1. The smallest absolute Gasteiger partial charge is 0.312 e. The molecule has 1 aromatic rings.